The van der Waals surface area contributed by atoms with Crippen molar-refractivity contribution < 1.29 is 13.9 Å². The van der Waals surface area contributed by atoms with Gasteiger partial charge < -0.3 is 10.1 Å². The average Bonchev–Trinajstić information content (AvgIpc) is 2.42. The topological polar surface area (TPSA) is 38.3 Å². The van der Waals surface area contributed by atoms with Crippen molar-refractivity contribution in [2.75, 3.05) is 11.9 Å². The van der Waals surface area contributed by atoms with Crippen LogP contribution in [0.25, 0.3) is 0 Å². The first-order chi connectivity index (χ1) is 9.54. The molecule has 0 fully saturated rings. The second-order valence-electron chi connectivity index (χ2n) is 4.25. The number of amides is 1. The van der Waals surface area contributed by atoms with Gasteiger partial charge in [0, 0.05) is 10.7 Å². The van der Waals surface area contributed by atoms with Crippen LogP contribution < -0.4 is 10.1 Å². The van der Waals surface area contributed by atoms with Crippen molar-refractivity contribution in [2.45, 2.75) is 6.92 Å². The molecular weight excluding hydrogens is 281 g/mol. The fraction of sp³-hybridized carbons (Fsp3) is 0.133. The van der Waals surface area contributed by atoms with Crippen molar-refractivity contribution in [3.63, 3.8) is 0 Å². The third kappa shape index (κ3) is 3.96. The Balaban J connectivity index is 1.92. The lowest BCUT2D eigenvalue weighted by Crippen LogP contribution is -2.20. The van der Waals surface area contributed by atoms with Gasteiger partial charge in [-0.05, 0) is 48.9 Å². The maximum Gasteiger partial charge on any atom is 0.262 e. The van der Waals surface area contributed by atoms with E-state index in [1.807, 2.05) is 13.0 Å². The zero-order valence-electron chi connectivity index (χ0n) is 10.8. The Kier molecular flexibility index (Phi) is 4.58. The summed E-state index contributed by atoms with van der Waals surface area (Å²) in [7, 11) is 0. The molecule has 0 radical (unpaired) electrons. The van der Waals surface area contributed by atoms with Gasteiger partial charge in [-0.1, -0.05) is 17.7 Å². The second-order valence-corrected chi connectivity index (χ2v) is 4.69. The highest BCUT2D eigenvalue weighted by molar-refractivity contribution is 6.31. The number of ether oxygens (including phenoxy) is 1. The molecule has 2 rings (SSSR count). The van der Waals surface area contributed by atoms with Gasteiger partial charge in [-0.3, -0.25) is 4.79 Å². The van der Waals surface area contributed by atoms with E-state index in [0.717, 1.165) is 5.56 Å². The van der Waals surface area contributed by atoms with E-state index in [1.54, 1.807) is 12.1 Å². The van der Waals surface area contributed by atoms with Crippen molar-refractivity contribution in [2.24, 2.45) is 0 Å². The zero-order valence-corrected chi connectivity index (χ0v) is 11.6. The van der Waals surface area contributed by atoms with E-state index in [-0.39, 0.29) is 18.3 Å². The fourth-order valence-electron chi connectivity index (χ4n) is 1.59. The van der Waals surface area contributed by atoms with Crippen LogP contribution in [0.15, 0.2) is 42.5 Å². The minimum atomic E-state index is -0.351. The molecule has 2 aromatic carbocycles. The van der Waals surface area contributed by atoms with Gasteiger partial charge in [0.2, 0.25) is 0 Å². The molecule has 0 saturated heterocycles. The number of carbonyl (C=O) groups is 1. The van der Waals surface area contributed by atoms with E-state index in [4.69, 9.17) is 16.3 Å². The molecule has 1 amide bonds. The molecule has 0 aliphatic rings. The summed E-state index contributed by atoms with van der Waals surface area (Å²) >= 11 is 5.87. The molecule has 0 aliphatic carbocycles. The minimum absolute atomic E-state index is 0.155. The number of carbonyl (C=O) groups excluding carboxylic acids is 1. The Morgan fingerprint density at radius 2 is 1.95 bits per heavy atom. The molecule has 3 nitrogen and oxygen atoms in total. The molecule has 0 spiro atoms. The summed E-state index contributed by atoms with van der Waals surface area (Å²) < 4.78 is 18.0. The molecule has 2 aromatic rings. The van der Waals surface area contributed by atoms with Gasteiger partial charge in [0.1, 0.15) is 11.6 Å². The maximum absolute atomic E-state index is 12.7. The van der Waals surface area contributed by atoms with Crippen LogP contribution in [0.2, 0.25) is 5.02 Å². The standard InChI is InChI=1S/C15H13ClFNO2/c1-10-2-3-11(16)8-14(10)18-15(19)9-20-13-6-4-12(17)5-7-13/h2-8H,9H2,1H3,(H,18,19). The van der Waals surface area contributed by atoms with Gasteiger partial charge in [0.25, 0.3) is 5.91 Å². The summed E-state index contributed by atoms with van der Waals surface area (Å²) in [6.07, 6.45) is 0. The van der Waals surface area contributed by atoms with Gasteiger partial charge in [-0.2, -0.15) is 0 Å². The summed E-state index contributed by atoms with van der Waals surface area (Å²) in [5, 5.41) is 3.26. The van der Waals surface area contributed by atoms with Crippen molar-refractivity contribution in [3.8, 4) is 5.75 Å². The van der Waals surface area contributed by atoms with E-state index in [2.05, 4.69) is 5.32 Å². The summed E-state index contributed by atoms with van der Waals surface area (Å²) in [5.41, 5.74) is 1.55. The number of hydrogen-bond donors (Lipinski definition) is 1. The van der Waals surface area contributed by atoms with Gasteiger partial charge in [0.05, 0.1) is 0 Å². The van der Waals surface area contributed by atoms with Gasteiger partial charge in [-0.25, -0.2) is 4.39 Å². The number of aryl methyl sites for hydroxylation is 1. The first-order valence-corrected chi connectivity index (χ1v) is 6.37. The lowest BCUT2D eigenvalue weighted by molar-refractivity contribution is -0.118. The third-order valence-electron chi connectivity index (χ3n) is 2.66. The van der Waals surface area contributed by atoms with Crippen molar-refractivity contribution in [1.82, 2.24) is 0 Å². The highest BCUT2D eigenvalue weighted by atomic mass is 35.5. The van der Waals surface area contributed by atoms with Crippen molar-refractivity contribution in [1.29, 1.82) is 0 Å². The van der Waals surface area contributed by atoms with Crippen molar-refractivity contribution in [3.05, 3.63) is 58.9 Å². The molecule has 5 heteroatoms. The minimum Gasteiger partial charge on any atom is -0.484 e. The smallest absolute Gasteiger partial charge is 0.262 e. The first-order valence-electron chi connectivity index (χ1n) is 5.99. The molecule has 0 saturated carbocycles. The van der Waals surface area contributed by atoms with Crippen LogP contribution in [0.3, 0.4) is 0 Å². The predicted octanol–water partition coefficient (Wildman–Crippen LogP) is 3.81. The van der Waals surface area contributed by atoms with E-state index in [0.29, 0.717) is 16.5 Å². The van der Waals surface area contributed by atoms with Crippen LogP contribution >= 0.6 is 11.6 Å². The predicted molar refractivity (Wildman–Crippen MR) is 76.7 cm³/mol. The Hall–Kier alpha value is -2.07. The number of hydrogen-bond acceptors (Lipinski definition) is 2. The molecule has 0 aliphatic heterocycles. The fourth-order valence-corrected chi connectivity index (χ4v) is 1.77. The van der Waals surface area contributed by atoms with E-state index >= 15 is 0 Å². The lowest BCUT2D eigenvalue weighted by Gasteiger charge is -2.10. The van der Waals surface area contributed by atoms with Crippen LogP contribution in [-0.4, -0.2) is 12.5 Å². The normalized spacial score (nSPS) is 10.2. The number of anilines is 1. The Morgan fingerprint density at radius 1 is 1.25 bits per heavy atom. The van der Waals surface area contributed by atoms with E-state index in [1.165, 1.54) is 24.3 Å². The number of nitrogens with one attached hydrogen (secondary N) is 1. The van der Waals surface area contributed by atoms with Crippen molar-refractivity contribution >= 4 is 23.2 Å². The van der Waals surface area contributed by atoms with Gasteiger partial charge in [-0.15, -0.1) is 0 Å². The Labute approximate surface area is 121 Å². The number of rotatable bonds is 4. The third-order valence-corrected chi connectivity index (χ3v) is 2.89. The highest BCUT2D eigenvalue weighted by Crippen LogP contribution is 2.20. The van der Waals surface area contributed by atoms with Gasteiger partial charge in [0.15, 0.2) is 6.61 Å². The van der Waals surface area contributed by atoms with Gasteiger partial charge >= 0.3 is 0 Å². The van der Waals surface area contributed by atoms with Crippen LogP contribution in [0.4, 0.5) is 10.1 Å². The van der Waals surface area contributed by atoms with E-state index < -0.39 is 0 Å². The number of benzene rings is 2. The highest BCUT2D eigenvalue weighted by Gasteiger charge is 2.06. The molecule has 1 N–H and O–H groups in total. The maximum atomic E-state index is 12.7. The summed E-state index contributed by atoms with van der Waals surface area (Å²) in [6, 6.07) is 10.7. The molecule has 0 aromatic heterocycles. The molecule has 20 heavy (non-hydrogen) atoms. The quantitative estimate of drug-likeness (QED) is 0.931. The molecule has 104 valence electrons. The number of halogens is 2. The summed E-state index contributed by atoms with van der Waals surface area (Å²) in [4.78, 5) is 11.8. The average molecular weight is 294 g/mol. The summed E-state index contributed by atoms with van der Waals surface area (Å²) in [6.45, 7) is 1.71. The molecule has 0 unspecified atom stereocenters. The molecule has 0 heterocycles. The lowest BCUT2D eigenvalue weighted by atomic mass is 10.2. The molecule has 0 atom stereocenters. The van der Waals surface area contributed by atoms with E-state index in [9.17, 15) is 9.18 Å². The monoisotopic (exact) mass is 293 g/mol. The second kappa shape index (κ2) is 6.39. The molecular formula is C15H13ClFNO2. The largest absolute Gasteiger partial charge is 0.484 e. The molecule has 0 bridgehead atoms. The van der Waals surface area contributed by atoms with Crippen LogP contribution in [0.1, 0.15) is 5.56 Å². The Morgan fingerprint density at radius 3 is 2.65 bits per heavy atom. The summed E-state index contributed by atoms with van der Waals surface area (Å²) in [5.74, 6) is -0.222. The Bertz CT molecular complexity index is 614. The zero-order chi connectivity index (χ0) is 14.5. The van der Waals surface area contributed by atoms with Crippen LogP contribution in [0, 0.1) is 12.7 Å². The SMILES string of the molecule is Cc1ccc(Cl)cc1NC(=O)COc1ccc(F)cc1. The van der Waals surface area contributed by atoms with Crippen LogP contribution in [0.5, 0.6) is 5.75 Å². The van der Waals surface area contributed by atoms with Crippen LogP contribution in [-0.2, 0) is 4.79 Å². The first kappa shape index (κ1) is 14.3.